The molecular weight excluding hydrogens is 340 g/mol. The molecule has 5 nitrogen and oxygen atoms in total. The molecular formula is C19H17ClN2O3. The molecule has 0 bridgehead atoms. The lowest BCUT2D eigenvalue weighted by molar-refractivity contribution is 0.0527. The molecule has 6 heteroatoms. The van der Waals surface area contributed by atoms with Crippen molar-refractivity contribution in [2.75, 3.05) is 19.0 Å². The molecule has 1 heterocycles. The number of nitrogens with zero attached hydrogens (tertiary/aromatic N) is 1. The van der Waals surface area contributed by atoms with Crippen LogP contribution < -0.4 is 10.1 Å². The first-order valence-corrected chi connectivity index (χ1v) is 8.17. The number of halogens is 1. The van der Waals surface area contributed by atoms with E-state index in [1.807, 2.05) is 24.3 Å². The molecule has 128 valence electrons. The number of rotatable bonds is 5. The van der Waals surface area contributed by atoms with Crippen LogP contribution in [0.3, 0.4) is 0 Å². The normalized spacial score (nSPS) is 10.5. The maximum Gasteiger partial charge on any atom is 0.341 e. The number of esters is 1. The van der Waals surface area contributed by atoms with E-state index in [1.165, 1.54) is 6.20 Å². The summed E-state index contributed by atoms with van der Waals surface area (Å²) in [5, 5.41) is 4.62. The first kappa shape index (κ1) is 17.0. The maximum absolute atomic E-state index is 12.4. The van der Waals surface area contributed by atoms with Gasteiger partial charge in [-0.25, -0.2) is 4.79 Å². The first-order valence-electron chi connectivity index (χ1n) is 7.79. The highest BCUT2D eigenvalue weighted by Crippen LogP contribution is 2.35. The van der Waals surface area contributed by atoms with Crippen molar-refractivity contribution in [2.45, 2.75) is 6.92 Å². The average molecular weight is 357 g/mol. The molecule has 0 unspecified atom stereocenters. The number of aromatic nitrogens is 1. The quantitative estimate of drug-likeness (QED) is 0.664. The summed E-state index contributed by atoms with van der Waals surface area (Å²) >= 11 is 6.11. The molecule has 3 rings (SSSR count). The van der Waals surface area contributed by atoms with Crippen LogP contribution in [0.25, 0.3) is 10.9 Å². The van der Waals surface area contributed by atoms with Gasteiger partial charge in [0.05, 0.1) is 30.6 Å². The van der Waals surface area contributed by atoms with Gasteiger partial charge in [-0.2, -0.15) is 0 Å². The Bertz CT molecular complexity index is 928. The van der Waals surface area contributed by atoms with Crippen LogP contribution in [-0.2, 0) is 4.74 Å². The number of carbonyl (C=O) groups excluding carboxylic acids is 1. The minimum Gasteiger partial charge on any atom is -0.495 e. The molecule has 1 N–H and O–H groups in total. The van der Waals surface area contributed by atoms with E-state index in [2.05, 4.69) is 10.3 Å². The predicted molar refractivity (Wildman–Crippen MR) is 99.0 cm³/mol. The van der Waals surface area contributed by atoms with E-state index in [-0.39, 0.29) is 6.61 Å². The van der Waals surface area contributed by atoms with Gasteiger partial charge in [0.1, 0.15) is 11.3 Å². The van der Waals surface area contributed by atoms with Crippen molar-refractivity contribution in [3.05, 3.63) is 59.2 Å². The Morgan fingerprint density at radius 2 is 2.04 bits per heavy atom. The zero-order valence-corrected chi connectivity index (χ0v) is 14.6. The second-order valence-corrected chi connectivity index (χ2v) is 5.69. The van der Waals surface area contributed by atoms with Gasteiger partial charge in [0.15, 0.2) is 0 Å². The molecule has 2 aromatic carbocycles. The number of pyridine rings is 1. The van der Waals surface area contributed by atoms with Crippen LogP contribution in [0.15, 0.2) is 48.7 Å². The molecule has 0 saturated heterocycles. The number of para-hydroxylation sites is 1. The SMILES string of the molecule is CCOC(=O)c1cnc2ccccc2c1Nc1cc(Cl)ccc1OC. The van der Waals surface area contributed by atoms with E-state index in [0.717, 1.165) is 10.9 Å². The van der Waals surface area contributed by atoms with E-state index in [0.29, 0.717) is 27.7 Å². The van der Waals surface area contributed by atoms with Crippen LogP contribution in [0.4, 0.5) is 11.4 Å². The number of carbonyl (C=O) groups is 1. The first-order chi connectivity index (χ1) is 12.1. The Balaban J connectivity index is 2.17. The van der Waals surface area contributed by atoms with Crippen molar-refractivity contribution < 1.29 is 14.3 Å². The largest absolute Gasteiger partial charge is 0.495 e. The second kappa shape index (κ2) is 7.40. The maximum atomic E-state index is 12.4. The molecule has 0 atom stereocenters. The van der Waals surface area contributed by atoms with Crippen LogP contribution in [0, 0.1) is 0 Å². The van der Waals surface area contributed by atoms with Crippen LogP contribution >= 0.6 is 11.6 Å². The summed E-state index contributed by atoms with van der Waals surface area (Å²) in [4.78, 5) is 16.7. The number of benzene rings is 2. The van der Waals surface area contributed by atoms with Gasteiger partial charge in [0.25, 0.3) is 0 Å². The van der Waals surface area contributed by atoms with Crippen molar-refractivity contribution >= 4 is 39.8 Å². The summed E-state index contributed by atoms with van der Waals surface area (Å²) < 4.78 is 10.5. The minimum absolute atomic E-state index is 0.283. The smallest absolute Gasteiger partial charge is 0.341 e. The van der Waals surface area contributed by atoms with Crippen molar-refractivity contribution in [1.82, 2.24) is 4.98 Å². The molecule has 3 aromatic rings. The number of hydrogen-bond acceptors (Lipinski definition) is 5. The van der Waals surface area contributed by atoms with Crippen LogP contribution in [0.1, 0.15) is 17.3 Å². The van der Waals surface area contributed by atoms with Gasteiger partial charge >= 0.3 is 5.97 Å². The number of anilines is 2. The summed E-state index contributed by atoms with van der Waals surface area (Å²) in [7, 11) is 1.57. The highest BCUT2D eigenvalue weighted by molar-refractivity contribution is 6.31. The van der Waals surface area contributed by atoms with Gasteiger partial charge in [0.2, 0.25) is 0 Å². The fourth-order valence-corrected chi connectivity index (χ4v) is 2.72. The zero-order chi connectivity index (χ0) is 17.8. The van der Waals surface area contributed by atoms with Crippen molar-refractivity contribution in [2.24, 2.45) is 0 Å². The highest BCUT2D eigenvalue weighted by Gasteiger charge is 2.18. The number of hydrogen-bond donors (Lipinski definition) is 1. The Hall–Kier alpha value is -2.79. The molecule has 0 aliphatic rings. The van der Waals surface area contributed by atoms with E-state index in [1.54, 1.807) is 32.2 Å². The molecule has 25 heavy (non-hydrogen) atoms. The molecule has 1 aromatic heterocycles. The van der Waals surface area contributed by atoms with Crippen molar-refractivity contribution in [1.29, 1.82) is 0 Å². The monoisotopic (exact) mass is 356 g/mol. The fourth-order valence-electron chi connectivity index (χ4n) is 2.55. The van der Waals surface area contributed by atoms with E-state index in [4.69, 9.17) is 21.1 Å². The molecule has 0 aliphatic carbocycles. The standard InChI is InChI=1S/C19H17ClN2O3/c1-3-25-19(23)14-11-21-15-7-5-4-6-13(15)18(14)22-16-10-12(20)8-9-17(16)24-2/h4-11H,3H2,1-2H3,(H,21,22). The number of methoxy groups -OCH3 is 1. The fraction of sp³-hybridized carbons (Fsp3) is 0.158. The molecule has 0 fully saturated rings. The third-order valence-electron chi connectivity index (χ3n) is 3.69. The summed E-state index contributed by atoms with van der Waals surface area (Å²) in [6.07, 6.45) is 1.51. The van der Waals surface area contributed by atoms with Crippen LogP contribution in [0.5, 0.6) is 5.75 Å². The summed E-state index contributed by atoms with van der Waals surface area (Å²) in [6, 6.07) is 12.8. The highest BCUT2D eigenvalue weighted by atomic mass is 35.5. The Kier molecular flexibility index (Phi) is 5.05. The topological polar surface area (TPSA) is 60.5 Å². The minimum atomic E-state index is -0.441. The van der Waals surface area contributed by atoms with Crippen LogP contribution in [-0.4, -0.2) is 24.7 Å². The molecule has 0 radical (unpaired) electrons. The Morgan fingerprint density at radius 1 is 1.24 bits per heavy atom. The Labute approximate surface area is 150 Å². The van der Waals surface area contributed by atoms with Gasteiger partial charge in [-0.15, -0.1) is 0 Å². The van der Waals surface area contributed by atoms with Crippen molar-refractivity contribution in [3.63, 3.8) is 0 Å². The zero-order valence-electron chi connectivity index (χ0n) is 13.9. The molecule has 0 aliphatic heterocycles. The third-order valence-corrected chi connectivity index (χ3v) is 3.93. The number of ether oxygens (including phenoxy) is 2. The lowest BCUT2D eigenvalue weighted by Gasteiger charge is -2.16. The lowest BCUT2D eigenvalue weighted by Crippen LogP contribution is -2.09. The second-order valence-electron chi connectivity index (χ2n) is 5.25. The van der Waals surface area contributed by atoms with Gasteiger partial charge in [-0.05, 0) is 31.2 Å². The van der Waals surface area contributed by atoms with Gasteiger partial charge in [-0.3, -0.25) is 4.98 Å². The lowest BCUT2D eigenvalue weighted by atomic mass is 10.1. The van der Waals surface area contributed by atoms with Crippen molar-refractivity contribution in [3.8, 4) is 5.75 Å². The summed E-state index contributed by atoms with van der Waals surface area (Å²) in [5.74, 6) is 0.171. The van der Waals surface area contributed by atoms with Gasteiger partial charge in [0, 0.05) is 16.6 Å². The molecule has 0 amide bonds. The summed E-state index contributed by atoms with van der Waals surface area (Å²) in [5.41, 5.74) is 2.36. The van der Waals surface area contributed by atoms with E-state index < -0.39 is 5.97 Å². The molecule has 0 saturated carbocycles. The third kappa shape index (κ3) is 3.51. The Morgan fingerprint density at radius 3 is 2.80 bits per heavy atom. The summed E-state index contributed by atoms with van der Waals surface area (Å²) in [6.45, 7) is 2.05. The molecule has 0 spiro atoms. The van der Waals surface area contributed by atoms with Gasteiger partial charge in [-0.1, -0.05) is 29.8 Å². The van der Waals surface area contributed by atoms with Crippen LogP contribution in [0.2, 0.25) is 5.02 Å². The van der Waals surface area contributed by atoms with E-state index in [9.17, 15) is 4.79 Å². The van der Waals surface area contributed by atoms with E-state index >= 15 is 0 Å². The van der Waals surface area contributed by atoms with Gasteiger partial charge < -0.3 is 14.8 Å². The number of nitrogens with one attached hydrogen (secondary N) is 1. The number of fused-ring (bicyclic) bond motifs is 1. The predicted octanol–water partition coefficient (Wildman–Crippen LogP) is 4.82. The average Bonchev–Trinajstić information content (AvgIpc) is 2.62.